The van der Waals surface area contributed by atoms with Gasteiger partial charge in [0.05, 0.1) is 4.90 Å². The molecule has 5 nitrogen and oxygen atoms in total. The number of carbonyl (C=O) groups excluding carboxylic acids is 1. The topological polar surface area (TPSA) is 66.5 Å². The number of carbonyl (C=O) groups is 1. The molecule has 0 unspecified atom stereocenters. The molecule has 1 heterocycles. The van der Waals surface area contributed by atoms with Crippen molar-refractivity contribution in [2.75, 3.05) is 18.4 Å². The molecule has 2 aromatic carbocycles. The van der Waals surface area contributed by atoms with Crippen LogP contribution in [0, 0.1) is 0 Å². The maximum Gasteiger partial charge on any atom is 0.243 e. The van der Waals surface area contributed by atoms with Gasteiger partial charge in [-0.3, -0.25) is 4.79 Å². The van der Waals surface area contributed by atoms with Crippen molar-refractivity contribution in [1.29, 1.82) is 0 Å². The number of rotatable bonds is 4. The number of amides is 1. The van der Waals surface area contributed by atoms with Crippen molar-refractivity contribution < 1.29 is 13.2 Å². The third kappa shape index (κ3) is 4.08. The Hall–Kier alpha value is -2.18. The van der Waals surface area contributed by atoms with E-state index in [1.54, 1.807) is 28.6 Å². The monoisotopic (exact) mass is 358 g/mol. The van der Waals surface area contributed by atoms with Gasteiger partial charge in [-0.15, -0.1) is 0 Å². The second kappa shape index (κ2) is 7.37. The molecule has 0 spiro atoms. The molecule has 2 aromatic rings. The van der Waals surface area contributed by atoms with Gasteiger partial charge in [0.2, 0.25) is 15.9 Å². The number of anilines is 1. The van der Waals surface area contributed by atoms with E-state index < -0.39 is 10.0 Å². The van der Waals surface area contributed by atoms with E-state index in [0.29, 0.717) is 24.7 Å². The molecule has 6 heteroatoms. The van der Waals surface area contributed by atoms with Gasteiger partial charge >= 0.3 is 0 Å². The van der Waals surface area contributed by atoms with Crippen LogP contribution in [-0.4, -0.2) is 31.7 Å². The van der Waals surface area contributed by atoms with Crippen molar-refractivity contribution in [3.05, 3.63) is 60.2 Å². The first-order chi connectivity index (χ1) is 12.0. The number of sulfonamides is 1. The van der Waals surface area contributed by atoms with Crippen LogP contribution < -0.4 is 5.32 Å². The Balaban J connectivity index is 1.68. The molecule has 3 rings (SSSR count). The summed E-state index contributed by atoms with van der Waals surface area (Å²) in [4.78, 5) is 11.3. The fraction of sp³-hybridized carbons (Fsp3) is 0.316. The van der Waals surface area contributed by atoms with E-state index in [1.807, 2.05) is 18.2 Å². The molecule has 0 aliphatic carbocycles. The average molecular weight is 358 g/mol. The van der Waals surface area contributed by atoms with Crippen LogP contribution in [0.25, 0.3) is 0 Å². The highest BCUT2D eigenvalue weighted by atomic mass is 32.2. The normalized spacial score (nSPS) is 16.5. The molecule has 1 amide bonds. The van der Waals surface area contributed by atoms with E-state index in [1.165, 1.54) is 12.5 Å². The molecule has 0 aromatic heterocycles. The highest BCUT2D eigenvalue weighted by molar-refractivity contribution is 7.89. The Kier molecular flexibility index (Phi) is 5.20. The molecule has 0 atom stereocenters. The fourth-order valence-corrected chi connectivity index (χ4v) is 4.69. The van der Waals surface area contributed by atoms with Crippen molar-refractivity contribution in [3.63, 3.8) is 0 Å². The lowest BCUT2D eigenvalue weighted by molar-refractivity contribution is -0.114. The molecule has 1 fully saturated rings. The van der Waals surface area contributed by atoms with E-state index in [4.69, 9.17) is 0 Å². The van der Waals surface area contributed by atoms with Gasteiger partial charge in [0, 0.05) is 25.7 Å². The maximum atomic E-state index is 12.8. The van der Waals surface area contributed by atoms with Crippen molar-refractivity contribution in [2.24, 2.45) is 0 Å². The third-order valence-electron chi connectivity index (χ3n) is 4.54. The van der Waals surface area contributed by atoms with Gasteiger partial charge in [-0.25, -0.2) is 8.42 Å². The molecule has 132 valence electrons. The van der Waals surface area contributed by atoms with Gasteiger partial charge in [0.25, 0.3) is 0 Å². The Bertz CT molecular complexity index is 825. The van der Waals surface area contributed by atoms with Crippen LogP contribution in [0.5, 0.6) is 0 Å². The van der Waals surface area contributed by atoms with Gasteiger partial charge in [-0.1, -0.05) is 30.3 Å². The summed E-state index contributed by atoms with van der Waals surface area (Å²) in [5, 5.41) is 2.64. The molecule has 1 aliphatic heterocycles. The Morgan fingerprint density at radius 3 is 2.16 bits per heavy atom. The third-order valence-corrected chi connectivity index (χ3v) is 6.45. The quantitative estimate of drug-likeness (QED) is 0.913. The minimum absolute atomic E-state index is 0.182. The lowest BCUT2D eigenvalue weighted by Crippen LogP contribution is -2.37. The van der Waals surface area contributed by atoms with E-state index in [0.717, 1.165) is 12.8 Å². The number of hydrogen-bond donors (Lipinski definition) is 1. The SMILES string of the molecule is CC(=O)Nc1ccc(S(=O)(=O)N2CCC(c3ccccc3)CC2)cc1. The summed E-state index contributed by atoms with van der Waals surface area (Å²) in [5.74, 6) is 0.230. The summed E-state index contributed by atoms with van der Waals surface area (Å²) < 4.78 is 27.2. The predicted octanol–water partition coefficient (Wildman–Crippen LogP) is 3.21. The first-order valence-electron chi connectivity index (χ1n) is 8.39. The van der Waals surface area contributed by atoms with Crippen LogP contribution in [-0.2, 0) is 14.8 Å². The summed E-state index contributed by atoms with van der Waals surface area (Å²) in [6.45, 7) is 2.46. The highest BCUT2D eigenvalue weighted by Gasteiger charge is 2.29. The van der Waals surface area contributed by atoms with Crippen molar-refractivity contribution in [2.45, 2.75) is 30.6 Å². The first kappa shape index (κ1) is 17.6. The summed E-state index contributed by atoms with van der Waals surface area (Å²) in [6.07, 6.45) is 1.65. The summed E-state index contributed by atoms with van der Waals surface area (Å²) in [5.41, 5.74) is 1.87. The first-order valence-corrected chi connectivity index (χ1v) is 9.83. The van der Waals surface area contributed by atoms with Gasteiger partial charge in [0.15, 0.2) is 0 Å². The van der Waals surface area contributed by atoms with Crippen molar-refractivity contribution in [1.82, 2.24) is 4.31 Å². The number of nitrogens with zero attached hydrogens (tertiary/aromatic N) is 1. The standard InChI is InChI=1S/C19H22N2O3S/c1-15(22)20-18-7-9-19(10-8-18)25(23,24)21-13-11-17(12-14-21)16-5-3-2-4-6-16/h2-10,17H,11-14H2,1H3,(H,20,22). The zero-order chi connectivity index (χ0) is 17.9. The molecular formula is C19H22N2O3S. The Morgan fingerprint density at radius 2 is 1.60 bits per heavy atom. The summed E-state index contributed by atoms with van der Waals surface area (Å²) in [7, 11) is -3.49. The summed E-state index contributed by atoms with van der Waals surface area (Å²) >= 11 is 0. The van der Waals surface area contributed by atoms with Crippen LogP contribution in [0.2, 0.25) is 0 Å². The molecule has 0 bridgehead atoms. The minimum atomic E-state index is -3.49. The fourth-order valence-electron chi connectivity index (χ4n) is 3.22. The van der Waals surface area contributed by atoms with E-state index >= 15 is 0 Å². The zero-order valence-corrected chi connectivity index (χ0v) is 15.0. The van der Waals surface area contributed by atoms with Crippen LogP contribution in [0.4, 0.5) is 5.69 Å². The van der Waals surface area contributed by atoms with Crippen molar-refractivity contribution in [3.8, 4) is 0 Å². The van der Waals surface area contributed by atoms with Crippen LogP contribution in [0.3, 0.4) is 0 Å². The molecular weight excluding hydrogens is 336 g/mol. The Labute approximate surface area is 148 Å². The molecule has 1 N–H and O–H groups in total. The minimum Gasteiger partial charge on any atom is -0.326 e. The van der Waals surface area contributed by atoms with E-state index in [9.17, 15) is 13.2 Å². The van der Waals surface area contributed by atoms with Gasteiger partial charge < -0.3 is 5.32 Å². The zero-order valence-electron chi connectivity index (χ0n) is 14.2. The molecule has 25 heavy (non-hydrogen) atoms. The Morgan fingerprint density at radius 1 is 1.00 bits per heavy atom. The average Bonchev–Trinajstić information content (AvgIpc) is 2.62. The van der Waals surface area contributed by atoms with E-state index in [-0.39, 0.29) is 10.8 Å². The maximum absolute atomic E-state index is 12.8. The van der Waals surface area contributed by atoms with Crippen molar-refractivity contribution >= 4 is 21.6 Å². The smallest absolute Gasteiger partial charge is 0.243 e. The molecule has 1 saturated heterocycles. The van der Waals surface area contributed by atoms with Crippen LogP contribution in [0.15, 0.2) is 59.5 Å². The molecule has 1 aliphatic rings. The number of benzene rings is 2. The largest absolute Gasteiger partial charge is 0.326 e. The lowest BCUT2D eigenvalue weighted by atomic mass is 9.90. The van der Waals surface area contributed by atoms with Gasteiger partial charge in [-0.05, 0) is 48.6 Å². The van der Waals surface area contributed by atoms with E-state index in [2.05, 4.69) is 17.4 Å². The second-order valence-corrected chi connectivity index (χ2v) is 8.23. The lowest BCUT2D eigenvalue weighted by Gasteiger charge is -2.31. The molecule has 0 radical (unpaired) electrons. The summed E-state index contributed by atoms with van der Waals surface area (Å²) in [6, 6.07) is 16.6. The second-order valence-electron chi connectivity index (χ2n) is 6.29. The van der Waals surface area contributed by atoms with Crippen LogP contribution >= 0.6 is 0 Å². The van der Waals surface area contributed by atoms with Crippen LogP contribution in [0.1, 0.15) is 31.2 Å². The number of piperidine rings is 1. The van der Waals surface area contributed by atoms with Gasteiger partial charge in [-0.2, -0.15) is 4.31 Å². The highest BCUT2D eigenvalue weighted by Crippen LogP contribution is 2.30. The van der Waals surface area contributed by atoms with Gasteiger partial charge in [0.1, 0.15) is 0 Å². The molecule has 0 saturated carbocycles. The number of nitrogens with one attached hydrogen (secondary N) is 1. The number of hydrogen-bond acceptors (Lipinski definition) is 3. The predicted molar refractivity (Wildman–Crippen MR) is 97.9 cm³/mol.